The van der Waals surface area contributed by atoms with Gasteiger partial charge in [-0.3, -0.25) is 9.93 Å². The fourth-order valence-electron chi connectivity index (χ4n) is 4.63. The lowest BCUT2D eigenvalue weighted by Crippen LogP contribution is -2.55. The molecule has 32 heavy (non-hydrogen) atoms. The van der Waals surface area contributed by atoms with Crippen LogP contribution < -0.4 is 14.9 Å². The van der Waals surface area contributed by atoms with Crippen molar-refractivity contribution < 1.29 is 9.18 Å². The molecular weight excluding hydrogens is 445 g/mol. The Balaban J connectivity index is 1.28. The summed E-state index contributed by atoms with van der Waals surface area (Å²) < 4.78 is 14.1. The number of nitrogens with zero attached hydrogens (tertiary/aromatic N) is 2. The second-order valence-electron chi connectivity index (χ2n) is 8.42. The van der Waals surface area contributed by atoms with Crippen LogP contribution in [0.3, 0.4) is 0 Å². The first-order valence-corrected chi connectivity index (χ1v) is 11.8. The van der Waals surface area contributed by atoms with Crippen LogP contribution in [0.15, 0.2) is 65.6 Å². The first-order chi connectivity index (χ1) is 15.5. The summed E-state index contributed by atoms with van der Waals surface area (Å²) in [6, 6.07) is 19.3. The molecule has 164 valence electrons. The minimum absolute atomic E-state index is 0.0129. The van der Waals surface area contributed by atoms with Crippen molar-refractivity contribution in [2.75, 3.05) is 22.9 Å². The standard InChI is InChI=1S/C25H23ClFN3OS/c1-15-10-17-11-22(27)24(32-28)12-23(17)30(15)25(31)18-13-29(14-18)19-8-6-16(7-9-19)20-4-2-3-5-21(20)26/h2-9,11-12,15,18H,10,13-14,28H2,1H3. The van der Waals surface area contributed by atoms with Crippen molar-refractivity contribution in [3.8, 4) is 11.1 Å². The van der Waals surface area contributed by atoms with E-state index in [1.165, 1.54) is 6.07 Å². The Bertz CT molecular complexity index is 1180. The minimum Gasteiger partial charge on any atom is -0.370 e. The molecule has 3 aromatic rings. The molecule has 1 fully saturated rings. The van der Waals surface area contributed by atoms with E-state index >= 15 is 0 Å². The highest BCUT2D eigenvalue weighted by Crippen LogP contribution is 2.39. The smallest absolute Gasteiger partial charge is 0.233 e. The Morgan fingerprint density at radius 2 is 1.84 bits per heavy atom. The monoisotopic (exact) mass is 467 g/mol. The van der Waals surface area contributed by atoms with Crippen molar-refractivity contribution in [1.29, 1.82) is 0 Å². The predicted octanol–water partition coefficient (Wildman–Crippen LogP) is 5.53. The van der Waals surface area contributed by atoms with Crippen LogP contribution >= 0.6 is 23.5 Å². The third kappa shape index (κ3) is 3.66. The number of benzene rings is 3. The zero-order valence-corrected chi connectivity index (χ0v) is 19.2. The van der Waals surface area contributed by atoms with Crippen molar-refractivity contribution >= 4 is 40.8 Å². The number of carbonyl (C=O) groups excluding carboxylic acids is 1. The van der Waals surface area contributed by atoms with Crippen LogP contribution in [0, 0.1) is 11.7 Å². The molecule has 2 N–H and O–H groups in total. The average molecular weight is 468 g/mol. The van der Waals surface area contributed by atoms with Crippen LogP contribution in [0.1, 0.15) is 12.5 Å². The van der Waals surface area contributed by atoms with Crippen LogP contribution in [-0.2, 0) is 11.2 Å². The van der Waals surface area contributed by atoms with E-state index in [0.717, 1.165) is 45.0 Å². The highest BCUT2D eigenvalue weighted by Gasteiger charge is 2.40. The molecule has 0 saturated carbocycles. The van der Waals surface area contributed by atoms with Gasteiger partial charge in [-0.25, -0.2) is 4.39 Å². The second-order valence-corrected chi connectivity index (χ2v) is 9.50. The van der Waals surface area contributed by atoms with E-state index in [-0.39, 0.29) is 23.7 Å². The average Bonchev–Trinajstić information content (AvgIpc) is 3.07. The van der Waals surface area contributed by atoms with Gasteiger partial charge in [-0.15, -0.1) is 0 Å². The quantitative estimate of drug-likeness (QED) is 0.513. The van der Waals surface area contributed by atoms with Gasteiger partial charge in [0.2, 0.25) is 5.91 Å². The maximum Gasteiger partial charge on any atom is 0.233 e. The van der Waals surface area contributed by atoms with E-state index in [2.05, 4.69) is 29.2 Å². The number of nitrogens with two attached hydrogens (primary N) is 1. The molecule has 2 aliphatic rings. The first kappa shape index (κ1) is 21.3. The van der Waals surface area contributed by atoms with E-state index in [1.54, 1.807) is 6.07 Å². The molecule has 0 spiro atoms. The highest BCUT2D eigenvalue weighted by atomic mass is 35.5. The summed E-state index contributed by atoms with van der Waals surface area (Å²) in [5, 5.41) is 6.32. The number of fused-ring (bicyclic) bond motifs is 1. The van der Waals surface area contributed by atoms with E-state index < -0.39 is 0 Å². The lowest BCUT2D eigenvalue weighted by atomic mass is 9.96. The molecule has 1 amide bonds. The van der Waals surface area contributed by atoms with Crippen molar-refractivity contribution in [3.63, 3.8) is 0 Å². The van der Waals surface area contributed by atoms with E-state index in [0.29, 0.717) is 24.4 Å². The number of rotatable bonds is 4. The zero-order valence-electron chi connectivity index (χ0n) is 17.6. The van der Waals surface area contributed by atoms with Crippen molar-refractivity contribution in [2.24, 2.45) is 11.1 Å². The van der Waals surface area contributed by atoms with Gasteiger partial charge in [-0.2, -0.15) is 0 Å². The lowest BCUT2D eigenvalue weighted by molar-refractivity contribution is -0.123. The fourth-order valence-corrected chi connectivity index (χ4v) is 5.23. The predicted molar refractivity (Wildman–Crippen MR) is 130 cm³/mol. The number of halogens is 2. The third-order valence-electron chi connectivity index (χ3n) is 6.36. The number of hydrogen-bond acceptors (Lipinski definition) is 4. The van der Waals surface area contributed by atoms with Gasteiger partial charge in [0.15, 0.2) is 0 Å². The van der Waals surface area contributed by atoms with E-state index in [4.69, 9.17) is 16.7 Å². The van der Waals surface area contributed by atoms with Gasteiger partial charge in [0, 0.05) is 41.1 Å². The molecule has 4 nitrogen and oxygen atoms in total. The minimum atomic E-state index is -0.326. The molecule has 1 saturated heterocycles. The number of hydrogen-bond donors (Lipinski definition) is 1. The zero-order chi connectivity index (χ0) is 22.4. The summed E-state index contributed by atoms with van der Waals surface area (Å²) in [5.41, 5.74) is 4.82. The van der Waals surface area contributed by atoms with Crippen LogP contribution in [0.5, 0.6) is 0 Å². The molecule has 0 radical (unpaired) electrons. The summed E-state index contributed by atoms with van der Waals surface area (Å²) in [7, 11) is 0. The SMILES string of the molecule is CC1Cc2cc(F)c(SN)cc2N1C(=O)C1CN(c2ccc(-c3ccccc3Cl)cc2)C1. The van der Waals surface area contributed by atoms with Gasteiger partial charge in [0.1, 0.15) is 5.82 Å². The van der Waals surface area contributed by atoms with Crippen molar-refractivity contribution in [2.45, 2.75) is 24.3 Å². The van der Waals surface area contributed by atoms with Crippen molar-refractivity contribution in [3.05, 3.63) is 77.1 Å². The van der Waals surface area contributed by atoms with Crippen LogP contribution in [0.25, 0.3) is 11.1 Å². The highest BCUT2D eigenvalue weighted by molar-refractivity contribution is 7.97. The van der Waals surface area contributed by atoms with Crippen LogP contribution in [-0.4, -0.2) is 25.0 Å². The lowest BCUT2D eigenvalue weighted by Gasteiger charge is -2.42. The summed E-state index contributed by atoms with van der Waals surface area (Å²) in [5.74, 6) is -0.307. The molecule has 1 atom stereocenters. The summed E-state index contributed by atoms with van der Waals surface area (Å²) in [4.78, 5) is 17.7. The number of amides is 1. The van der Waals surface area contributed by atoms with Gasteiger partial charge in [-0.1, -0.05) is 41.9 Å². The molecule has 2 heterocycles. The van der Waals surface area contributed by atoms with E-state index in [1.807, 2.05) is 36.1 Å². The summed E-state index contributed by atoms with van der Waals surface area (Å²) in [6.45, 7) is 3.35. The largest absolute Gasteiger partial charge is 0.370 e. The van der Waals surface area contributed by atoms with Crippen molar-refractivity contribution in [1.82, 2.24) is 0 Å². The molecule has 0 bridgehead atoms. The molecule has 3 aromatic carbocycles. The topological polar surface area (TPSA) is 49.6 Å². The second kappa shape index (κ2) is 8.43. The van der Waals surface area contributed by atoms with Gasteiger partial charge >= 0.3 is 0 Å². The summed E-state index contributed by atoms with van der Waals surface area (Å²) >= 11 is 7.18. The Hall–Kier alpha value is -2.54. The maximum atomic E-state index is 14.1. The van der Waals surface area contributed by atoms with Crippen LogP contribution in [0.4, 0.5) is 15.8 Å². The van der Waals surface area contributed by atoms with Gasteiger partial charge in [0.25, 0.3) is 0 Å². The molecule has 1 unspecified atom stereocenters. The Kier molecular flexibility index (Phi) is 5.61. The van der Waals surface area contributed by atoms with Gasteiger partial charge in [-0.05, 0) is 66.8 Å². The third-order valence-corrected chi connectivity index (χ3v) is 7.26. The van der Waals surface area contributed by atoms with E-state index in [9.17, 15) is 9.18 Å². The Labute approximate surface area is 196 Å². The normalized spacial score (nSPS) is 17.9. The summed E-state index contributed by atoms with van der Waals surface area (Å²) in [6.07, 6.45) is 0.660. The van der Waals surface area contributed by atoms with Crippen LogP contribution in [0.2, 0.25) is 5.02 Å². The number of carbonyl (C=O) groups is 1. The maximum absolute atomic E-state index is 14.1. The fraction of sp³-hybridized carbons (Fsp3) is 0.240. The molecule has 0 aliphatic carbocycles. The molecule has 0 aromatic heterocycles. The number of anilines is 2. The van der Waals surface area contributed by atoms with Gasteiger partial charge < -0.3 is 9.80 Å². The molecule has 7 heteroatoms. The Morgan fingerprint density at radius 3 is 2.53 bits per heavy atom. The first-order valence-electron chi connectivity index (χ1n) is 10.6. The Morgan fingerprint density at radius 1 is 1.12 bits per heavy atom. The molecule has 2 aliphatic heterocycles. The molecule has 5 rings (SSSR count). The van der Waals surface area contributed by atoms with Gasteiger partial charge in [0.05, 0.1) is 10.8 Å². The molecular formula is C25H23ClFN3OS.